The molecular formula is C17H32N2. The molecule has 0 fully saturated rings. The Labute approximate surface area is 119 Å². The van der Waals surface area contributed by atoms with Crippen molar-refractivity contribution in [1.29, 1.82) is 0 Å². The summed E-state index contributed by atoms with van der Waals surface area (Å²) in [5, 5.41) is 3.28. The molecule has 0 aliphatic carbocycles. The van der Waals surface area contributed by atoms with Crippen LogP contribution < -0.4 is 11.1 Å². The molecule has 0 unspecified atom stereocenters. The van der Waals surface area contributed by atoms with Gasteiger partial charge in [-0.05, 0) is 53.4 Å². The van der Waals surface area contributed by atoms with Crippen LogP contribution >= 0.6 is 0 Å². The summed E-state index contributed by atoms with van der Waals surface area (Å²) in [5.41, 5.74) is 9.80. The van der Waals surface area contributed by atoms with Gasteiger partial charge in [-0.25, -0.2) is 0 Å². The molecule has 19 heavy (non-hydrogen) atoms. The molecule has 0 saturated carbocycles. The Morgan fingerprint density at radius 1 is 0.895 bits per heavy atom. The van der Waals surface area contributed by atoms with E-state index in [4.69, 9.17) is 5.73 Å². The molecule has 0 amide bonds. The summed E-state index contributed by atoms with van der Waals surface area (Å²) in [5.74, 6) is 0. The van der Waals surface area contributed by atoms with Gasteiger partial charge < -0.3 is 11.1 Å². The molecule has 0 aromatic rings. The molecule has 3 N–H and O–H groups in total. The molecule has 0 aromatic carbocycles. The van der Waals surface area contributed by atoms with Crippen LogP contribution in [-0.2, 0) is 0 Å². The van der Waals surface area contributed by atoms with Crippen LogP contribution in [0.1, 0.15) is 53.4 Å². The maximum atomic E-state index is 5.42. The van der Waals surface area contributed by atoms with E-state index in [1.54, 1.807) is 0 Å². The van der Waals surface area contributed by atoms with Crippen LogP contribution in [-0.4, -0.2) is 19.6 Å². The molecule has 0 bridgehead atoms. The number of nitrogens with two attached hydrogens (primary N) is 1. The third-order valence-electron chi connectivity index (χ3n) is 3.04. The van der Waals surface area contributed by atoms with Crippen LogP contribution in [0.3, 0.4) is 0 Å². The third kappa shape index (κ3) is 13.4. The highest BCUT2D eigenvalue weighted by Crippen LogP contribution is 2.11. The normalized spacial score (nSPS) is 12.7. The van der Waals surface area contributed by atoms with Gasteiger partial charge in [0.05, 0.1) is 0 Å². The van der Waals surface area contributed by atoms with E-state index in [0.29, 0.717) is 6.54 Å². The summed E-state index contributed by atoms with van der Waals surface area (Å²) in [6.07, 6.45) is 11.6. The molecular weight excluding hydrogens is 232 g/mol. The van der Waals surface area contributed by atoms with Crippen molar-refractivity contribution in [1.82, 2.24) is 5.32 Å². The minimum atomic E-state index is 0.709. The molecule has 2 nitrogen and oxygen atoms in total. The Balaban J connectivity index is 3.77. The topological polar surface area (TPSA) is 38.0 Å². The molecule has 110 valence electrons. The van der Waals surface area contributed by atoms with Crippen molar-refractivity contribution in [3.8, 4) is 0 Å². The Bertz CT molecular complexity index is 307. The van der Waals surface area contributed by atoms with E-state index in [9.17, 15) is 0 Å². The minimum Gasteiger partial charge on any atom is -0.329 e. The molecule has 0 rings (SSSR count). The number of allylic oxidation sites excluding steroid dienone is 5. The lowest BCUT2D eigenvalue weighted by atomic mass is 10.1. The van der Waals surface area contributed by atoms with E-state index < -0.39 is 0 Å². The van der Waals surface area contributed by atoms with Crippen molar-refractivity contribution in [2.24, 2.45) is 5.73 Å². The first-order chi connectivity index (χ1) is 9.06. The second-order valence-corrected chi connectivity index (χ2v) is 5.45. The zero-order valence-electron chi connectivity index (χ0n) is 13.3. The average Bonchev–Trinajstić information content (AvgIpc) is 2.34. The fraction of sp³-hybridized carbons (Fsp3) is 0.647. The number of rotatable bonds is 10. The Morgan fingerprint density at radius 2 is 1.47 bits per heavy atom. The van der Waals surface area contributed by atoms with Crippen LogP contribution in [0.5, 0.6) is 0 Å². The second kappa shape index (κ2) is 12.2. The lowest BCUT2D eigenvalue weighted by molar-refractivity contribution is 0.748. The molecule has 0 aliphatic heterocycles. The first-order valence-corrected chi connectivity index (χ1v) is 7.41. The van der Waals surface area contributed by atoms with Gasteiger partial charge in [-0.2, -0.15) is 0 Å². The van der Waals surface area contributed by atoms with Gasteiger partial charge in [0.25, 0.3) is 0 Å². The lowest BCUT2D eigenvalue weighted by Crippen LogP contribution is -2.22. The van der Waals surface area contributed by atoms with Gasteiger partial charge in [0, 0.05) is 19.6 Å². The summed E-state index contributed by atoms with van der Waals surface area (Å²) >= 11 is 0. The lowest BCUT2D eigenvalue weighted by Gasteiger charge is -2.02. The van der Waals surface area contributed by atoms with E-state index in [2.05, 4.69) is 51.2 Å². The van der Waals surface area contributed by atoms with E-state index in [1.807, 2.05) is 0 Å². The number of hydrogen-bond donors (Lipinski definition) is 2. The van der Waals surface area contributed by atoms with Crippen LogP contribution in [0.15, 0.2) is 34.9 Å². The highest BCUT2D eigenvalue weighted by atomic mass is 14.9. The van der Waals surface area contributed by atoms with Crippen molar-refractivity contribution in [2.45, 2.75) is 53.4 Å². The van der Waals surface area contributed by atoms with Crippen molar-refractivity contribution >= 4 is 0 Å². The highest BCUT2D eigenvalue weighted by molar-refractivity contribution is 5.05. The molecule has 0 saturated heterocycles. The molecule has 0 radical (unpaired) electrons. The molecule has 0 aliphatic rings. The average molecular weight is 264 g/mol. The molecule has 0 heterocycles. The molecule has 0 aromatic heterocycles. The Kier molecular flexibility index (Phi) is 11.6. The molecule has 2 heteroatoms. The molecule has 0 atom stereocenters. The first-order valence-electron chi connectivity index (χ1n) is 7.41. The van der Waals surface area contributed by atoms with Crippen LogP contribution in [0.4, 0.5) is 0 Å². The number of nitrogens with one attached hydrogen (secondary N) is 1. The Morgan fingerprint density at radius 3 is 2.05 bits per heavy atom. The summed E-state index contributed by atoms with van der Waals surface area (Å²) in [6.45, 7) is 11.3. The van der Waals surface area contributed by atoms with Crippen molar-refractivity contribution in [2.75, 3.05) is 19.6 Å². The summed E-state index contributed by atoms with van der Waals surface area (Å²) in [4.78, 5) is 0. The monoisotopic (exact) mass is 264 g/mol. The van der Waals surface area contributed by atoms with E-state index in [1.165, 1.54) is 29.6 Å². The van der Waals surface area contributed by atoms with Crippen molar-refractivity contribution < 1.29 is 0 Å². The fourth-order valence-corrected chi connectivity index (χ4v) is 1.79. The SMILES string of the molecule is CC(C)=CCCC(C)=CCCC(C)=CCNCCN. The standard InChI is InChI=1S/C17H32N2/c1-15(2)7-5-8-16(3)9-6-10-17(4)11-13-19-14-12-18/h7,9,11,19H,5-6,8,10,12-14,18H2,1-4H3. The smallest absolute Gasteiger partial charge is 0.0137 e. The van der Waals surface area contributed by atoms with Gasteiger partial charge in [0.15, 0.2) is 0 Å². The zero-order valence-corrected chi connectivity index (χ0v) is 13.3. The second-order valence-electron chi connectivity index (χ2n) is 5.45. The maximum absolute atomic E-state index is 5.42. The highest BCUT2D eigenvalue weighted by Gasteiger charge is 1.92. The summed E-state index contributed by atoms with van der Waals surface area (Å²) < 4.78 is 0. The fourth-order valence-electron chi connectivity index (χ4n) is 1.79. The van der Waals surface area contributed by atoms with Crippen molar-refractivity contribution in [3.05, 3.63) is 34.9 Å². The quantitative estimate of drug-likeness (QED) is 0.463. The first kappa shape index (κ1) is 18.1. The number of hydrogen-bond acceptors (Lipinski definition) is 2. The van der Waals surface area contributed by atoms with E-state index in [0.717, 1.165) is 25.9 Å². The Hall–Kier alpha value is -0.860. The predicted molar refractivity (Wildman–Crippen MR) is 87.3 cm³/mol. The molecule has 0 spiro atoms. The van der Waals surface area contributed by atoms with Gasteiger partial charge in [-0.15, -0.1) is 0 Å². The van der Waals surface area contributed by atoms with Gasteiger partial charge in [-0.1, -0.05) is 34.9 Å². The van der Waals surface area contributed by atoms with E-state index >= 15 is 0 Å². The maximum Gasteiger partial charge on any atom is 0.0137 e. The largest absolute Gasteiger partial charge is 0.329 e. The van der Waals surface area contributed by atoms with Crippen LogP contribution in [0, 0.1) is 0 Å². The van der Waals surface area contributed by atoms with Gasteiger partial charge >= 0.3 is 0 Å². The van der Waals surface area contributed by atoms with Crippen LogP contribution in [0.25, 0.3) is 0 Å². The third-order valence-corrected chi connectivity index (χ3v) is 3.04. The van der Waals surface area contributed by atoms with E-state index in [-0.39, 0.29) is 0 Å². The van der Waals surface area contributed by atoms with Gasteiger partial charge in [-0.3, -0.25) is 0 Å². The minimum absolute atomic E-state index is 0.709. The van der Waals surface area contributed by atoms with Gasteiger partial charge in [0.1, 0.15) is 0 Å². The van der Waals surface area contributed by atoms with Crippen LogP contribution in [0.2, 0.25) is 0 Å². The summed E-state index contributed by atoms with van der Waals surface area (Å²) in [6, 6.07) is 0. The summed E-state index contributed by atoms with van der Waals surface area (Å²) in [7, 11) is 0. The van der Waals surface area contributed by atoms with Gasteiger partial charge in [0.2, 0.25) is 0 Å². The zero-order chi connectivity index (χ0) is 14.5. The van der Waals surface area contributed by atoms with Crippen molar-refractivity contribution in [3.63, 3.8) is 0 Å². The predicted octanol–water partition coefficient (Wildman–Crippen LogP) is 3.95.